The van der Waals surface area contributed by atoms with Crippen molar-refractivity contribution in [2.75, 3.05) is 12.4 Å². The number of H-pyrrole nitrogens is 2. The first-order chi connectivity index (χ1) is 11.7. The van der Waals surface area contributed by atoms with Gasteiger partial charge in [-0.05, 0) is 31.0 Å². The molecule has 0 unspecified atom stereocenters. The molecular formula is C16H16N6O2. The van der Waals surface area contributed by atoms with Gasteiger partial charge in [0.1, 0.15) is 5.75 Å². The summed E-state index contributed by atoms with van der Waals surface area (Å²) in [6.07, 6.45) is 2.29. The number of carbonyl (C=O) groups is 1. The van der Waals surface area contributed by atoms with Crippen LogP contribution >= 0.6 is 0 Å². The van der Waals surface area contributed by atoms with Gasteiger partial charge in [0.2, 0.25) is 5.95 Å². The summed E-state index contributed by atoms with van der Waals surface area (Å²) in [6, 6.07) is 9.22. The molecule has 24 heavy (non-hydrogen) atoms. The molecular weight excluding hydrogens is 308 g/mol. The second-order valence-electron chi connectivity index (χ2n) is 5.64. The summed E-state index contributed by atoms with van der Waals surface area (Å²) in [5.74, 6) is 1.55. The monoisotopic (exact) mass is 324 g/mol. The van der Waals surface area contributed by atoms with Crippen LogP contribution < -0.4 is 10.1 Å². The molecule has 4 rings (SSSR count). The summed E-state index contributed by atoms with van der Waals surface area (Å²) in [5.41, 5.74) is 2.11. The van der Waals surface area contributed by atoms with Crippen molar-refractivity contribution in [3.8, 4) is 17.1 Å². The average Bonchev–Trinajstić information content (AvgIpc) is 3.16. The highest BCUT2D eigenvalue weighted by Gasteiger charge is 2.26. The van der Waals surface area contributed by atoms with Gasteiger partial charge in [-0.15, -0.1) is 5.10 Å². The highest BCUT2D eigenvalue weighted by atomic mass is 16.5. The summed E-state index contributed by atoms with van der Waals surface area (Å²) >= 11 is 0. The number of methoxy groups -OCH3 is 1. The second-order valence-corrected chi connectivity index (χ2v) is 5.64. The van der Waals surface area contributed by atoms with Crippen LogP contribution in [0.4, 0.5) is 5.95 Å². The van der Waals surface area contributed by atoms with Crippen molar-refractivity contribution < 1.29 is 9.53 Å². The van der Waals surface area contributed by atoms with Crippen LogP contribution in [0.15, 0.2) is 30.3 Å². The third-order valence-corrected chi connectivity index (χ3v) is 3.92. The Kier molecular flexibility index (Phi) is 3.49. The van der Waals surface area contributed by atoms with Crippen molar-refractivity contribution in [1.82, 2.24) is 25.4 Å². The van der Waals surface area contributed by atoms with Crippen molar-refractivity contribution in [2.45, 2.75) is 18.8 Å². The minimum atomic E-state index is -0.344. The van der Waals surface area contributed by atoms with Crippen LogP contribution in [0.5, 0.6) is 5.75 Å². The van der Waals surface area contributed by atoms with E-state index in [9.17, 15) is 4.79 Å². The summed E-state index contributed by atoms with van der Waals surface area (Å²) in [6.45, 7) is 0. The summed E-state index contributed by atoms with van der Waals surface area (Å²) in [4.78, 5) is 16.5. The topological polar surface area (TPSA) is 109 Å². The van der Waals surface area contributed by atoms with Gasteiger partial charge in [0.25, 0.3) is 5.91 Å². The zero-order valence-electron chi connectivity index (χ0n) is 13.0. The molecule has 1 saturated carbocycles. The molecule has 0 aliphatic heterocycles. The van der Waals surface area contributed by atoms with Gasteiger partial charge in [0, 0.05) is 11.6 Å². The third-order valence-electron chi connectivity index (χ3n) is 3.92. The van der Waals surface area contributed by atoms with Gasteiger partial charge in [-0.2, -0.15) is 10.1 Å². The number of nitrogens with one attached hydrogen (secondary N) is 3. The van der Waals surface area contributed by atoms with Gasteiger partial charge in [-0.1, -0.05) is 12.1 Å². The van der Waals surface area contributed by atoms with E-state index >= 15 is 0 Å². The molecule has 0 radical (unpaired) electrons. The molecule has 2 aromatic heterocycles. The zero-order chi connectivity index (χ0) is 16.5. The molecule has 1 fully saturated rings. The molecule has 3 N–H and O–H groups in total. The maximum Gasteiger partial charge on any atom is 0.278 e. The number of ether oxygens (including phenoxy) is 1. The van der Waals surface area contributed by atoms with Crippen LogP contribution in [0.3, 0.4) is 0 Å². The lowest BCUT2D eigenvalue weighted by Gasteiger charge is -2.04. The molecule has 0 saturated heterocycles. The largest absolute Gasteiger partial charge is 0.496 e. The van der Waals surface area contributed by atoms with E-state index in [1.165, 1.54) is 0 Å². The fraction of sp³-hybridized carbons (Fsp3) is 0.250. The van der Waals surface area contributed by atoms with Crippen molar-refractivity contribution in [3.05, 3.63) is 41.7 Å². The summed E-state index contributed by atoms with van der Waals surface area (Å²) in [5, 5.41) is 16.4. The van der Waals surface area contributed by atoms with Crippen molar-refractivity contribution in [2.24, 2.45) is 0 Å². The van der Waals surface area contributed by atoms with Gasteiger partial charge in [0.05, 0.1) is 12.7 Å². The van der Waals surface area contributed by atoms with E-state index in [4.69, 9.17) is 4.74 Å². The Morgan fingerprint density at radius 2 is 2.08 bits per heavy atom. The Labute approximate surface area is 137 Å². The number of hydrogen-bond acceptors (Lipinski definition) is 5. The number of anilines is 1. The predicted molar refractivity (Wildman–Crippen MR) is 86.9 cm³/mol. The normalized spacial score (nSPS) is 13.7. The predicted octanol–water partition coefficient (Wildman–Crippen LogP) is 2.33. The lowest BCUT2D eigenvalue weighted by molar-refractivity contribution is 0.102. The van der Waals surface area contributed by atoms with Crippen LogP contribution in [-0.4, -0.2) is 38.4 Å². The summed E-state index contributed by atoms with van der Waals surface area (Å²) in [7, 11) is 1.59. The number of aromatic amines is 2. The highest BCUT2D eigenvalue weighted by molar-refractivity contribution is 6.02. The Morgan fingerprint density at radius 3 is 2.88 bits per heavy atom. The fourth-order valence-electron chi connectivity index (χ4n) is 2.50. The molecule has 0 atom stereocenters. The molecule has 122 valence electrons. The zero-order valence-corrected chi connectivity index (χ0v) is 13.0. The molecule has 1 amide bonds. The van der Waals surface area contributed by atoms with Crippen LogP contribution in [0.2, 0.25) is 0 Å². The molecule has 8 nitrogen and oxygen atoms in total. The Morgan fingerprint density at radius 1 is 1.25 bits per heavy atom. The Bertz CT molecular complexity index is 880. The molecule has 1 aromatic carbocycles. The smallest absolute Gasteiger partial charge is 0.278 e. The number of hydrogen-bond donors (Lipinski definition) is 3. The van der Waals surface area contributed by atoms with Crippen molar-refractivity contribution >= 4 is 11.9 Å². The van der Waals surface area contributed by atoms with E-state index in [1.54, 1.807) is 13.2 Å². The van der Waals surface area contributed by atoms with Crippen LogP contribution in [0, 0.1) is 0 Å². The third kappa shape index (κ3) is 2.73. The van der Waals surface area contributed by atoms with Gasteiger partial charge < -0.3 is 4.74 Å². The molecule has 1 aliphatic rings. The van der Waals surface area contributed by atoms with E-state index < -0.39 is 0 Å². The standard InChI is InChI=1S/C16H16N6O2/c1-24-13-5-3-2-4-10(13)14-17-16(22-21-14)18-15(23)12-8-11(19-20-12)9-6-7-9/h2-5,8-9H,6-7H2,1H3,(H,19,20)(H2,17,18,21,22,23). The van der Waals surface area contributed by atoms with Gasteiger partial charge in [0.15, 0.2) is 11.5 Å². The lowest BCUT2D eigenvalue weighted by atomic mass is 10.2. The number of nitrogens with zero attached hydrogens (tertiary/aromatic N) is 3. The fourth-order valence-corrected chi connectivity index (χ4v) is 2.50. The first-order valence-corrected chi connectivity index (χ1v) is 7.67. The van der Waals surface area contributed by atoms with E-state index in [0.717, 1.165) is 24.1 Å². The lowest BCUT2D eigenvalue weighted by Crippen LogP contribution is -2.13. The number of aromatic nitrogens is 5. The van der Waals surface area contributed by atoms with Crippen LogP contribution in [-0.2, 0) is 0 Å². The summed E-state index contributed by atoms with van der Waals surface area (Å²) < 4.78 is 5.30. The average molecular weight is 324 g/mol. The number of carbonyl (C=O) groups excluding carboxylic acids is 1. The maximum absolute atomic E-state index is 12.2. The Balaban J connectivity index is 1.51. The number of rotatable bonds is 5. The molecule has 3 aromatic rings. The quantitative estimate of drug-likeness (QED) is 0.667. The maximum atomic E-state index is 12.2. The number of benzene rings is 1. The molecule has 8 heteroatoms. The van der Waals surface area contributed by atoms with Crippen LogP contribution in [0.1, 0.15) is 34.9 Å². The first-order valence-electron chi connectivity index (χ1n) is 7.67. The van der Waals surface area contributed by atoms with E-state index in [-0.39, 0.29) is 11.9 Å². The molecule has 2 heterocycles. The Hall–Kier alpha value is -3.16. The molecule has 0 bridgehead atoms. The van der Waals surface area contributed by atoms with Gasteiger partial charge in [-0.25, -0.2) is 0 Å². The van der Waals surface area contributed by atoms with Crippen molar-refractivity contribution in [3.63, 3.8) is 0 Å². The second kappa shape index (κ2) is 5.80. The number of amides is 1. The minimum absolute atomic E-state index is 0.192. The van der Waals surface area contributed by atoms with Crippen LogP contribution in [0.25, 0.3) is 11.4 Å². The first kappa shape index (κ1) is 14.4. The van der Waals surface area contributed by atoms with Gasteiger partial charge >= 0.3 is 0 Å². The van der Waals surface area contributed by atoms with E-state index in [0.29, 0.717) is 23.2 Å². The van der Waals surface area contributed by atoms with E-state index in [2.05, 4.69) is 30.7 Å². The molecule has 0 spiro atoms. The van der Waals surface area contributed by atoms with Crippen molar-refractivity contribution in [1.29, 1.82) is 0 Å². The molecule has 1 aliphatic carbocycles. The number of para-hydroxylation sites is 1. The highest BCUT2D eigenvalue weighted by Crippen LogP contribution is 2.39. The van der Waals surface area contributed by atoms with Gasteiger partial charge in [-0.3, -0.25) is 20.3 Å². The SMILES string of the molecule is COc1ccccc1-c1nc(NC(=O)c2cc(C3CC3)[nH]n2)n[nH]1. The van der Waals surface area contributed by atoms with E-state index in [1.807, 2.05) is 24.3 Å². The minimum Gasteiger partial charge on any atom is -0.496 e.